The van der Waals surface area contributed by atoms with Crippen molar-refractivity contribution < 1.29 is 9.53 Å². The zero-order valence-electron chi connectivity index (χ0n) is 24.6. The van der Waals surface area contributed by atoms with Crippen molar-refractivity contribution in [3.05, 3.63) is 146 Å². The van der Waals surface area contributed by atoms with E-state index < -0.39 is 12.0 Å². The molecule has 3 heterocycles. The van der Waals surface area contributed by atoms with E-state index in [0.29, 0.717) is 25.6 Å². The monoisotopic (exact) mass is 733 g/mol. The van der Waals surface area contributed by atoms with Crippen molar-refractivity contribution >= 4 is 63.3 Å². The molecule has 0 bridgehead atoms. The molecule has 5 aromatic rings. The van der Waals surface area contributed by atoms with Crippen LogP contribution < -0.4 is 14.9 Å². The lowest BCUT2D eigenvalue weighted by Gasteiger charge is -2.25. The van der Waals surface area contributed by atoms with E-state index in [1.807, 2.05) is 48.5 Å². The maximum Gasteiger partial charge on any atom is 0.338 e. The van der Waals surface area contributed by atoms with Crippen LogP contribution in [0.3, 0.4) is 0 Å². The summed E-state index contributed by atoms with van der Waals surface area (Å²) in [5.41, 5.74) is 7.42. The number of aryl methyl sites for hydroxylation is 2. The van der Waals surface area contributed by atoms with Crippen molar-refractivity contribution in [2.24, 2.45) is 4.99 Å². The summed E-state index contributed by atoms with van der Waals surface area (Å²) in [5, 5.41) is 0.560. The first-order valence-electron chi connectivity index (χ1n) is 14.2. The Hall–Kier alpha value is -3.73. The topological polar surface area (TPSA) is 65.6 Å². The molecule has 0 radical (unpaired) electrons. The summed E-state index contributed by atoms with van der Waals surface area (Å²) in [6.45, 7) is 8.18. The fourth-order valence-electron chi connectivity index (χ4n) is 5.59. The van der Waals surface area contributed by atoms with Gasteiger partial charge in [-0.15, -0.1) is 0 Å². The Balaban J connectivity index is 1.59. The predicted molar refractivity (Wildman–Crippen MR) is 185 cm³/mol. The number of hydrogen-bond donors (Lipinski definition) is 0. The van der Waals surface area contributed by atoms with Crippen LogP contribution >= 0.6 is 45.5 Å². The van der Waals surface area contributed by atoms with E-state index in [9.17, 15) is 9.59 Å². The van der Waals surface area contributed by atoms with E-state index in [2.05, 4.69) is 72.2 Å². The average molecular weight is 734 g/mol. The number of esters is 1. The van der Waals surface area contributed by atoms with Gasteiger partial charge in [-0.1, -0.05) is 71.5 Å². The highest BCUT2D eigenvalue weighted by atomic mass is 127. The van der Waals surface area contributed by atoms with Crippen LogP contribution in [0.1, 0.15) is 46.6 Å². The molecule has 3 aromatic carbocycles. The zero-order valence-corrected chi connectivity index (χ0v) is 28.3. The fourth-order valence-corrected chi connectivity index (χ4v) is 7.21. The highest BCUT2D eigenvalue weighted by Gasteiger charge is 2.35. The second-order valence-electron chi connectivity index (χ2n) is 10.6. The largest absolute Gasteiger partial charge is 0.463 e. The zero-order chi connectivity index (χ0) is 31.1. The second-order valence-corrected chi connectivity index (χ2v) is 13.2. The van der Waals surface area contributed by atoms with Gasteiger partial charge in [0, 0.05) is 31.2 Å². The van der Waals surface area contributed by atoms with Crippen LogP contribution in [0.15, 0.2) is 94.2 Å². The molecule has 2 aromatic heterocycles. The van der Waals surface area contributed by atoms with Crippen molar-refractivity contribution in [3.8, 4) is 5.69 Å². The van der Waals surface area contributed by atoms with Gasteiger partial charge in [-0.2, -0.15) is 0 Å². The first-order valence-corrected chi connectivity index (χ1v) is 16.4. The van der Waals surface area contributed by atoms with Crippen LogP contribution in [-0.2, 0) is 9.53 Å². The van der Waals surface area contributed by atoms with Gasteiger partial charge in [0.1, 0.15) is 0 Å². The summed E-state index contributed by atoms with van der Waals surface area (Å²) in [6.07, 6.45) is 1.93. The van der Waals surface area contributed by atoms with Crippen LogP contribution in [-0.4, -0.2) is 21.7 Å². The van der Waals surface area contributed by atoms with Gasteiger partial charge < -0.3 is 9.30 Å². The molecule has 1 atom stereocenters. The summed E-state index contributed by atoms with van der Waals surface area (Å²) >= 11 is 9.91. The molecule has 0 saturated heterocycles. The van der Waals surface area contributed by atoms with Crippen LogP contribution in [0, 0.1) is 24.3 Å². The number of carbonyl (C=O) groups excluding carboxylic acids is 1. The molecular weight excluding hydrogens is 705 g/mol. The smallest absolute Gasteiger partial charge is 0.338 e. The minimum absolute atomic E-state index is 0.192. The molecule has 9 heteroatoms. The number of fused-ring (bicyclic) bond motifs is 1. The third-order valence-corrected chi connectivity index (χ3v) is 10.1. The maximum atomic E-state index is 14.3. The number of rotatable bonds is 6. The van der Waals surface area contributed by atoms with Crippen molar-refractivity contribution in [3.63, 3.8) is 0 Å². The molecule has 0 amide bonds. The molecule has 6 rings (SSSR count). The average Bonchev–Trinajstić information content (AvgIpc) is 3.48. The van der Waals surface area contributed by atoms with Gasteiger partial charge in [0.2, 0.25) is 0 Å². The molecular formula is C35H29ClIN3O3S. The Morgan fingerprint density at radius 1 is 1.05 bits per heavy atom. The first kappa shape index (κ1) is 30.3. The van der Waals surface area contributed by atoms with Gasteiger partial charge in [0.05, 0.1) is 28.5 Å². The van der Waals surface area contributed by atoms with Crippen LogP contribution in [0.4, 0.5) is 0 Å². The Morgan fingerprint density at radius 2 is 1.77 bits per heavy atom. The second kappa shape index (κ2) is 12.3. The summed E-state index contributed by atoms with van der Waals surface area (Å²) in [6, 6.07) is 24.5. The quantitative estimate of drug-likeness (QED) is 0.141. The third-order valence-electron chi connectivity index (χ3n) is 7.73. The van der Waals surface area contributed by atoms with Crippen molar-refractivity contribution in [1.29, 1.82) is 0 Å². The molecule has 0 unspecified atom stereocenters. The van der Waals surface area contributed by atoms with Gasteiger partial charge in [0.15, 0.2) is 4.80 Å². The lowest BCUT2D eigenvalue weighted by Crippen LogP contribution is -2.40. The molecule has 1 aliphatic rings. The van der Waals surface area contributed by atoms with Crippen molar-refractivity contribution in [2.75, 3.05) is 6.61 Å². The van der Waals surface area contributed by atoms with Gasteiger partial charge in [-0.05, 0) is 103 Å². The normalized spacial score (nSPS) is 14.9. The molecule has 44 heavy (non-hydrogen) atoms. The Morgan fingerprint density at radius 3 is 2.45 bits per heavy atom. The first-order chi connectivity index (χ1) is 21.2. The van der Waals surface area contributed by atoms with E-state index in [4.69, 9.17) is 21.3 Å². The maximum absolute atomic E-state index is 14.3. The van der Waals surface area contributed by atoms with Crippen LogP contribution in [0.25, 0.3) is 17.5 Å². The van der Waals surface area contributed by atoms with Gasteiger partial charge >= 0.3 is 5.97 Å². The van der Waals surface area contributed by atoms with Gasteiger partial charge in [-0.25, -0.2) is 9.79 Å². The van der Waals surface area contributed by atoms with Crippen LogP contribution in [0.5, 0.6) is 0 Å². The highest BCUT2D eigenvalue weighted by Crippen LogP contribution is 2.35. The number of thiazole rings is 1. The fraction of sp³-hybridized carbons (Fsp3) is 0.171. The summed E-state index contributed by atoms with van der Waals surface area (Å²) < 4.78 is 11.1. The summed E-state index contributed by atoms with van der Waals surface area (Å²) in [5.74, 6) is -0.513. The van der Waals surface area contributed by atoms with E-state index in [-0.39, 0.29) is 12.2 Å². The molecule has 222 valence electrons. The number of carbonyl (C=O) groups is 1. The number of nitrogens with zero attached hydrogens (tertiary/aromatic N) is 3. The van der Waals surface area contributed by atoms with E-state index >= 15 is 0 Å². The summed E-state index contributed by atoms with van der Waals surface area (Å²) in [7, 11) is 0. The predicted octanol–water partition coefficient (Wildman–Crippen LogP) is 6.91. The molecule has 0 N–H and O–H groups in total. The molecule has 0 fully saturated rings. The Bertz CT molecular complexity index is 2130. The number of hydrogen-bond acceptors (Lipinski definition) is 5. The van der Waals surface area contributed by atoms with E-state index in [0.717, 1.165) is 33.8 Å². The summed E-state index contributed by atoms with van der Waals surface area (Å²) in [4.78, 5) is 33.3. The minimum atomic E-state index is -0.748. The lowest BCUT2D eigenvalue weighted by molar-refractivity contribution is -0.138. The van der Waals surface area contributed by atoms with Gasteiger partial charge in [0.25, 0.3) is 5.56 Å². The minimum Gasteiger partial charge on any atom is -0.463 e. The number of benzene rings is 3. The Labute approximate surface area is 277 Å². The Kier molecular flexibility index (Phi) is 8.50. The van der Waals surface area contributed by atoms with Crippen LogP contribution in [0.2, 0.25) is 5.02 Å². The van der Waals surface area contributed by atoms with Crippen molar-refractivity contribution in [2.45, 2.75) is 33.7 Å². The van der Waals surface area contributed by atoms with Crippen molar-refractivity contribution in [1.82, 2.24) is 9.13 Å². The van der Waals surface area contributed by atoms with E-state index in [1.165, 1.54) is 20.5 Å². The molecule has 0 aliphatic carbocycles. The number of ether oxygens (including phenoxy) is 1. The standard InChI is InChI=1S/C35H29ClIN3O3S/c1-5-43-34(42)30-31(23-9-7-6-8-10-23)38-35-40(32(30)24-12-14-26(36)15-13-24)33(41)29(44-35)18-25-17-21(3)39(22(25)4)27-16-11-20(2)28(37)19-27/h6-19,32H,5H2,1-4H3/b29-18-/t32-/m1/s1. The lowest BCUT2D eigenvalue weighted by atomic mass is 9.93. The molecule has 1 aliphatic heterocycles. The van der Waals surface area contributed by atoms with Gasteiger partial charge in [-0.3, -0.25) is 9.36 Å². The number of aromatic nitrogens is 2. The molecule has 0 spiro atoms. The highest BCUT2D eigenvalue weighted by molar-refractivity contribution is 14.1. The van der Waals surface area contributed by atoms with E-state index in [1.54, 1.807) is 23.6 Å². The SMILES string of the molecule is CCOC(=O)C1=C(c2ccccc2)N=c2s/c(=C\c3cc(C)n(-c4ccc(C)c(I)c4)c3C)c(=O)n2[C@@H]1c1ccc(Cl)cc1. The molecule has 0 saturated carbocycles. The third kappa shape index (κ3) is 5.50. The molecule has 6 nitrogen and oxygen atoms in total. The number of halogens is 2.